The number of aliphatic carboxylic acids is 1. The summed E-state index contributed by atoms with van der Waals surface area (Å²) in [5, 5.41) is 10.8. The maximum atomic E-state index is 13.6. The minimum Gasteiger partial charge on any atom is -0.478 e. The van der Waals surface area contributed by atoms with Crippen LogP contribution in [0.2, 0.25) is 0 Å². The number of rotatable bonds is 5. The molecule has 2 N–H and O–H groups in total. The second kappa shape index (κ2) is 7.28. The lowest BCUT2D eigenvalue weighted by atomic mass is 10.2. The van der Waals surface area contributed by atoms with Gasteiger partial charge < -0.3 is 9.84 Å². The van der Waals surface area contributed by atoms with Crippen molar-refractivity contribution < 1.29 is 23.8 Å². The molecule has 1 rings (SSSR count). The van der Waals surface area contributed by atoms with Gasteiger partial charge in [-0.25, -0.2) is 14.0 Å². The number of benzene rings is 1. The van der Waals surface area contributed by atoms with Crippen LogP contribution in [0.25, 0.3) is 6.08 Å². The zero-order chi connectivity index (χ0) is 15.1. The Hall–Kier alpha value is -2.37. The van der Waals surface area contributed by atoms with Crippen LogP contribution in [0, 0.1) is 11.7 Å². The van der Waals surface area contributed by atoms with Crippen molar-refractivity contribution in [1.82, 2.24) is 0 Å². The van der Waals surface area contributed by atoms with Crippen LogP contribution < -0.4 is 5.32 Å². The molecule has 0 radical (unpaired) electrons. The van der Waals surface area contributed by atoms with Gasteiger partial charge in [-0.1, -0.05) is 13.8 Å². The quantitative estimate of drug-likeness (QED) is 0.813. The molecule has 0 saturated carbocycles. The molecule has 5 nitrogen and oxygen atoms in total. The SMILES string of the molecule is CC(C)COC(=O)Nc1ccc(C=CC(=O)O)c(F)c1. The first kappa shape index (κ1) is 15.7. The van der Waals surface area contributed by atoms with Crippen molar-refractivity contribution in [3.05, 3.63) is 35.7 Å². The van der Waals surface area contributed by atoms with Crippen molar-refractivity contribution in [2.75, 3.05) is 11.9 Å². The number of hydrogen-bond donors (Lipinski definition) is 2. The number of carbonyl (C=O) groups excluding carboxylic acids is 1. The molecular weight excluding hydrogens is 265 g/mol. The zero-order valence-corrected chi connectivity index (χ0v) is 11.2. The van der Waals surface area contributed by atoms with Gasteiger partial charge >= 0.3 is 12.1 Å². The van der Waals surface area contributed by atoms with E-state index in [1.165, 1.54) is 12.1 Å². The molecule has 0 atom stereocenters. The summed E-state index contributed by atoms with van der Waals surface area (Å²) in [6, 6.07) is 3.92. The fourth-order valence-electron chi connectivity index (χ4n) is 1.30. The van der Waals surface area contributed by atoms with E-state index in [-0.39, 0.29) is 23.8 Å². The highest BCUT2D eigenvalue weighted by Crippen LogP contribution is 2.16. The van der Waals surface area contributed by atoms with E-state index in [2.05, 4.69) is 5.32 Å². The minimum absolute atomic E-state index is 0.119. The second-order valence-electron chi connectivity index (χ2n) is 4.53. The fraction of sp³-hybridized carbons (Fsp3) is 0.286. The van der Waals surface area contributed by atoms with Gasteiger partial charge in [0.25, 0.3) is 0 Å². The van der Waals surface area contributed by atoms with Gasteiger partial charge in [0, 0.05) is 17.3 Å². The first-order valence-corrected chi connectivity index (χ1v) is 6.03. The molecule has 0 aliphatic heterocycles. The molecule has 1 aromatic rings. The lowest BCUT2D eigenvalue weighted by Crippen LogP contribution is -2.16. The van der Waals surface area contributed by atoms with Gasteiger partial charge in [0.1, 0.15) is 5.82 Å². The first-order chi connectivity index (χ1) is 9.38. The van der Waals surface area contributed by atoms with E-state index < -0.39 is 17.9 Å². The number of anilines is 1. The third-order valence-corrected chi connectivity index (χ3v) is 2.20. The number of carboxylic acids is 1. The average Bonchev–Trinajstić information content (AvgIpc) is 2.35. The fourth-order valence-corrected chi connectivity index (χ4v) is 1.30. The Morgan fingerprint density at radius 3 is 2.70 bits per heavy atom. The molecule has 0 fully saturated rings. The summed E-state index contributed by atoms with van der Waals surface area (Å²) in [7, 11) is 0. The lowest BCUT2D eigenvalue weighted by Gasteiger charge is -2.09. The maximum absolute atomic E-state index is 13.6. The van der Waals surface area contributed by atoms with Crippen LogP contribution in [-0.4, -0.2) is 23.8 Å². The van der Waals surface area contributed by atoms with E-state index >= 15 is 0 Å². The number of ether oxygens (including phenoxy) is 1. The third-order valence-electron chi connectivity index (χ3n) is 2.20. The highest BCUT2D eigenvalue weighted by atomic mass is 19.1. The van der Waals surface area contributed by atoms with Gasteiger partial charge in [0.05, 0.1) is 6.61 Å². The molecule has 0 aliphatic carbocycles. The summed E-state index contributed by atoms with van der Waals surface area (Å²) in [5.41, 5.74) is 0.359. The van der Waals surface area contributed by atoms with E-state index in [0.717, 1.165) is 18.2 Å². The smallest absolute Gasteiger partial charge is 0.411 e. The van der Waals surface area contributed by atoms with Crippen LogP contribution in [0.4, 0.5) is 14.9 Å². The summed E-state index contributed by atoms with van der Waals surface area (Å²) >= 11 is 0. The Kier molecular flexibility index (Phi) is 5.71. The molecule has 0 unspecified atom stereocenters. The van der Waals surface area contributed by atoms with Crippen molar-refractivity contribution in [2.24, 2.45) is 5.92 Å². The Bertz CT molecular complexity index is 526. The number of halogens is 1. The van der Waals surface area contributed by atoms with E-state index in [4.69, 9.17) is 9.84 Å². The molecule has 0 heterocycles. The van der Waals surface area contributed by atoms with E-state index in [1.54, 1.807) is 0 Å². The molecule has 0 saturated heterocycles. The number of carbonyl (C=O) groups is 2. The summed E-state index contributed by atoms with van der Waals surface area (Å²) in [6.45, 7) is 4.07. The van der Waals surface area contributed by atoms with Crippen LogP contribution in [0.5, 0.6) is 0 Å². The maximum Gasteiger partial charge on any atom is 0.411 e. The predicted molar refractivity (Wildman–Crippen MR) is 72.9 cm³/mol. The highest BCUT2D eigenvalue weighted by Gasteiger charge is 2.07. The Balaban J connectivity index is 2.67. The predicted octanol–water partition coefficient (Wildman–Crippen LogP) is 3.13. The topological polar surface area (TPSA) is 75.6 Å². The summed E-state index contributed by atoms with van der Waals surface area (Å²) < 4.78 is 18.5. The normalized spacial score (nSPS) is 10.8. The van der Waals surface area contributed by atoms with Gasteiger partial charge in [0.2, 0.25) is 0 Å². The van der Waals surface area contributed by atoms with Crippen molar-refractivity contribution in [1.29, 1.82) is 0 Å². The van der Waals surface area contributed by atoms with Gasteiger partial charge in [0.15, 0.2) is 0 Å². The number of nitrogens with one attached hydrogen (secondary N) is 1. The van der Waals surface area contributed by atoms with Crippen LogP contribution >= 0.6 is 0 Å². The van der Waals surface area contributed by atoms with Crippen molar-refractivity contribution in [3.8, 4) is 0 Å². The van der Waals surface area contributed by atoms with Crippen molar-refractivity contribution in [3.63, 3.8) is 0 Å². The number of amides is 1. The molecule has 20 heavy (non-hydrogen) atoms. The molecule has 108 valence electrons. The standard InChI is InChI=1S/C14H16FNO4/c1-9(2)8-20-14(19)16-11-5-3-10(12(15)7-11)4-6-13(17)18/h3-7,9H,8H2,1-2H3,(H,16,19)(H,17,18). The monoisotopic (exact) mass is 281 g/mol. The Morgan fingerprint density at radius 1 is 1.45 bits per heavy atom. The summed E-state index contributed by atoms with van der Waals surface area (Å²) in [4.78, 5) is 21.7. The van der Waals surface area contributed by atoms with Gasteiger partial charge in [-0.3, -0.25) is 5.32 Å². The average molecular weight is 281 g/mol. The molecule has 0 bridgehead atoms. The van der Waals surface area contributed by atoms with Crippen LogP contribution in [0.15, 0.2) is 24.3 Å². The van der Waals surface area contributed by atoms with Gasteiger partial charge in [-0.15, -0.1) is 0 Å². The molecule has 1 amide bonds. The largest absolute Gasteiger partial charge is 0.478 e. The molecule has 0 aliphatic rings. The third kappa shape index (κ3) is 5.51. The van der Waals surface area contributed by atoms with E-state index in [9.17, 15) is 14.0 Å². The van der Waals surface area contributed by atoms with Gasteiger partial charge in [-0.05, 0) is 30.2 Å². The molecular formula is C14H16FNO4. The number of carboxylic acid groups (broad SMARTS) is 1. The lowest BCUT2D eigenvalue weighted by molar-refractivity contribution is -0.131. The molecule has 1 aromatic carbocycles. The molecule has 0 spiro atoms. The second-order valence-corrected chi connectivity index (χ2v) is 4.53. The summed E-state index contributed by atoms with van der Waals surface area (Å²) in [5.74, 6) is -1.59. The van der Waals surface area contributed by atoms with Crippen molar-refractivity contribution >= 4 is 23.8 Å². The van der Waals surface area contributed by atoms with Gasteiger partial charge in [-0.2, -0.15) is 0 Å². The minimum atomic E-state index is -1.16. The molecule has 6 heteroatoms. The number of hydrogen-bond acceptors (Lipinski definition) is 3. The van der Waals surface area contributed by atoms with Crippen LogP contribution in [0.3, 0.4) is 0 Å². The van der Waals surface area contributed by atoms with E-state index in [0.29, 0.717) is 0 Å². The van der Waals surface area contributed by atoms with Crippen LogP contribution in [0.1, 0.15) is 19.4 Å². The highest BCUT2D eigenvalue weighted by molar-refractivity contribution is 5.86. The summed E-state index contributed by atoms with van der Waals surface area (Å²) in [6.07, 6.45) is 1.31. The Labute approximate surface area is 116 Å². The van der Waals surface area contributed by atoms with Crippen molar-refractivity contribution in [2.45, 2.75) is 13.8 Å². The van der Waals surface area contributed by atoms with E-state index in [1.807, 2.05) is 13.8 Å². The Morgan fingerprint density at radius 2 is 2.15 bits per heavy atom. The van der Waals surface area contributed by atoms with Crippen LogP contribution in [-0.2, 0) is 9.53 Å². The zero-order valence-electron chi connectivity index (χ0n) is 11.2. The molecule has 0 aromatic heterocycles. The first-order valence-electron chi connectivity index (χ1n) is 6.03.